The van der Waals surface area contributed by atoms with Gasteiger partial charge in [0.2, 0.25) is 0 Å². The Hall–Kier alpha value is 0.1000. The van der Waals surface area contributed by atoms with Crippen LogP contribution in [0.3, 0.4) is 0 Å². The molecule has 0 aliphatic carbocycles. The molecule has 0 saturated heterocycles. The lowest BCUT2D eigenvalue weighted by Crippen LogP contribution is -2.29. The van der Waals surface area contributed by atoms with Crippen molar-refractivity contribution >= 4 is 27.3 Å². The van der Waals surface area contributed by atoms with Gasteiger partial charge in [0.15, 0.2) is 0 Å². The smallest absolute Gasteiger partial charge is 0.107 e. The number of thiophene rings is 1. The van der Waals surface area contributed by atoms with E-state index in [0.29, 0.717) is 5.92 Å². The van der Waals surface area contributed by atoms with E-state index in [4.69, 9.17) is 10.5 Å². The normalized spacial score (nSPS) is 15.4. The molecule has 0 fully saturated rings. The first-order chi connectivity index (χ1) is 7.54. The van der Waals surface area contributed by atoms with Crippen LogP contribution < -0.4 is 5.73 Å². The maximum atomic E-state index is 6.11. The quantitative estimate of drug-likeness (QED) is 0.863. The van der Waals surface area contributed by atoms with Gasteiger partial charge in [0.05, 0.1) is 3.79 Å². The molecule has 0 amide bonds. The Morgan fingerprint density at radius 3 is 2.56 bits per heavy atom. The van der Waals surface area contributed by atoms with Crippen LogP contribution in [-0.4, -0.2) is 12.6 Å². The van der Waals surface area contributed by atoms with Gasteiger partial charge in [-0.2, -0.15) is 0 Å². The lowest BCUT2D eigenvalue weighted by molar-refractivity contribution is 0.0200. The molecule has 16 heavy (non-hydrogen) atoms. The van der Waals surface area contributed by atoms with E-state index in [1.54, 1.807) is 11.3 Å². The van der Waals surface area contributed by atoms with Gasteiger partial charge in [-0.05, 0) is 40.4 Å². The van der Waals surface area contributed by atoms with Crippen molar-refractivity contribution in [2.24, 2.45) is 11.7 Å². The minimum Gasteiger partial charge on any atom is -0.371 e. The number of halogens is 1. The number of nitrogens with two attached hydrogens (primary N) is 1. The topological polar surface area (TPSA) is 35.2 Å². The molecule has 92 valence electrons. The summed E-state index contributed by atoms with van der Waals surface area (Å²) in [5, 5.41) is 0. The molecular weight excluding hydrogens is 286 g/mol. The van der Waals surface area contributed by atoms with Crippen molar-refractivity contribution in [3.8, 4) is 0 Å². The van der Waals surface area contributed by atoms with Gasteiger partial charge in [0, 0.05) is 17.5 Å². The molecule has 0 radical (unpaired) electrons. The largest absolute Gasteiger partial charge is 0.371 e. The fourth-order valence-electron chi connectivity index (χ4n) is 1.41. The molecular formula is C12H20BrNOS. The van der Waals surface area contributed by atoms with Crippen LogP contribution in [0.25, 0.3) is 0 Å². The molecule has 0 bridgehead atoms. The Morgan fingerprint density at radius 1 is 1.44 bits per heavy atom. The second kappa shape index (κ2) is 6.74. The Bertz CT molecular complexity index is 314. The molecule has 4 heteroatoms. The van der Waals surface area contributed by atoms with E-state index in [9.17, 15) is 0 Å². The lowest BCUT2D eigenvalue weighted by atomic mass is 10.1. The fourth-order valence-corrected chi connectivity index (χ4v) is 2.96. The molecule has 0 saturated carbocycles. The predicted molar refractivity (Wildman–Crippen MR) is 73.8 cm³/mol. The minimum absolute atomic E-state index is 0.0312. The third-order valence-electron chi connectivity index (χ3n) is 2.34. The fraction of sp³-hybridized carbons (Fsp3) is 0.667. The predicted octanol–water partition coefficient (Wildman–Crippen LogP) is 3.96. The summed E-state index contributed by atoms with van der Waals surface area (Å²) < 4.78 is 7.05. The Labute approximate surface area is 110 Å². The van der Waals surface area contributed by atoms with Gasteiger partial charge in [0.1, 0.15) is 6.10 Å². The van der Waals surface area contributed by atoms with Crippen molar-refractivity contribution in [1.82, 2.24) is 0 Å². The van der Waals surface area contributed by atoms with Crippen LogP contribution in [0.1, 0.15) is 38.2 Å². The summed E-state index contributed by atoms with van der Waals surface area (Å²) in [4.78, 5) is 1.21. The molecule has 2 atom stereocenters. The molecule has 2 N–H and O–H groups in total. The molecule has 1 rings (SSSR count). The lowest BCUT2D eigenvalue weighted by Gasteiger charge is -2.23. The maximum Gasteiger partial charge on any atom is 0.107 e. The third-order valence-corrected chi connectivity index (χ3v) is 4.03. The van der Waals surface area contributed by atoms with Crippen LogP contribution in [0.5, 0.6) is 0 Å². The van der Waals surface area contributed by atoms with Gasteiger partial charge >= 0.3 is 0 Å². The Balaban J connectivity index is 2.71. The highest BCUT2D eigenvalue weighted by molar-refractivity contribution is 9.11. The molecule has 2 unspecified atom stereocenters. The highest BCUT2D eigenvalue weighted by atomic mass is 79.9. The van der Waals surface area contributed by atoms with Gasteiger partial charge in [0.25, 0.3) is 0 Å². The van der Waals surface area contributed by atoms with Crippen LogP contribution in [0, 0.1) is 5.92 Å². The molecule has 1 aromatic rings. The van der Waals surface area contributed by atoms with E-state index in [-0.39, 0.29) is 12.1 Å². The third kappa shape index (κ3) is 4.17. The van der Waals surface area contributed by atoms with Crippen LogP contribution in [0.2, 0.25) is 0 Å². The number of ether oxygens (including phenoxy) is 1. The van der Waals surface area contributed by atoms with E-state index < -0.39 is 0 Å². The van der Waals surface area contributed by atoms with Gasteiger partial charge in [-0.3, -0.25) is 0 Å². The van der Waals surface area contributed by atoms with E-state index in [1.807, 2.05) is 6.07 Å². The zero-order chi connectivity index (χ0) is 12.1. The SMILES string of the molecule is CCC(N)C(OCC(C)C)c1ccc(Br)s1. The maximum absolute atomic E-state index is 6.11. The van der Waals surface area contributed by atoms with Gasteiger partial charge in [-0.15, -0.1) is 11.3 Å². The van der Waals surface area contributed by atoms with Crippen molar-refractivity contribution in [2.75, 3.05) is 6.61 Å². The van der Waals surface area contributed by atoms with E-state index in [1.165, 1.54) is 4.88 Å². The number of hydrogen-bond acceptors (Lipinski definition) is 3. The van der Waals surface area contributed by atoms with E-state index in [0.717, 1.165) is 16.8 Å². The van der Waals surface area contributed by atoms with Crippen molar-refractivity contribution in [2.45, 2.75) is 39.3 Å². The summed E-state index contributed by atoms with van der Waals surface area (Å²) in [6, 6.07) is 4.22. The number of hydrogen-bond donors (Lipinski definition) is 1. The van der Waals surface area contributed by atoms with Crippen LogP contribution in [0.15, 0.2) is 15.9 Å². The molecule has 0 aromatic carbocycles. The molecule has 1 heterocycles. The van der Waals surface area contributed by atoms with Crippen molar-refractivity contribution in [3.63, 3.8) is 0 Å². The number of rotatable bonds is 6. The first-order valence-electron chi connectivity index (χ1n) is 5.67. The highest BCUT2D eigenvalue weighted by Gasteiger charge is 2.21. The molecule has 2 nitrogen and oxygen atoms in total. The van der Waals surface area contributed by atoms with Crippen LogP contribution in [0.4, 0.5) is 0 Å². The standard InChI is InChI=1S/C12H20BrNOS/c1-4-9(14)12(15-7-8(2)3)10-5-6-11(13)16-10/h5-6,8-9,12H,4,7,14H2,1-3H3. The summed E-state index contributed by atoms with van der Waals surface area (Å²) in [7, 11) is 0. The first kappa shape index (κ1) is 14.2. The summed E-state index contributed by atoms with van der Waals surface area (Å²) in [6.45, 7) is 7.16. The Kier molecular flexibility index (Phi) is 5.97. The monoisotopic (exact) mass is 305 g/mol. The second-order valence-corrected chi connectivity index (χ2v) is 6.86. The van der Waals surface area contributed by atoms with Gasteiger partial charge in [-0.1, -0.05) is 20.8 Å². The van der Waals surface area contributed by atoms with Crippen LogP contribution >= 0.6 is 27.3 Å². The molecule has 0 spiro atoms. The summed E-state index contributed by atoms with van der Waals surface area (Å²) in [5.74, 6) is 0.537. The van der Waals surface area contributed by atoms with Crippen molar-refractivity contribution < 1.29 is 4.74 Å². The minimum atomic E-state index is 0.0312. The summed E-state index contributed by atoms with van der Waals surface area (Å²) in [5.41, 5.74) is 6.11. The van der Waals surface area contributed by atoms with Crippen molar-refractivity contribution in [3.05, 3.63) is 20.8 Å². The van der Waals surface area contributed by atoms with Gasteiger partial charge in [-0.25, -0.2) is 0 Å². The zero-order valence-electron chi connectivity index (χ0n) is 10.1. The zero-order valence-corrected chi connectivity index (χ0v) is 12.5. The van der Waals surface area contributed by atoms with Gasteiger partial charge < -0.3 is 10.5 Å². The van der Waals surface area contributed by atoms with E-state index in [2.05, 4.69) is 42.8 Å². The molecule has 0 aliphatic heterocycles. The van der Waals surface area contributed by atoms with Crippen molar-refractivity contribution in [1.29, 1.82) is 0 Å². The summed E-state index contributed by atoms with van der Waals surface area (Å²) >= 11 is 5.18. The average Bonchev–Trinajstić information content (AvgIpc) is 2.64. The second-order valence-electron chi connectivity index (χ2n) is 4.36. The molecule has 0 aliphatic rings. The molecule has 1 aromatic heterocycles. The van der Waals surface area contributed by atoms with E-state index >= 15 is 0 Å². The first-order valence-corrected chi connectivity index (χ1v) is 7.28. The average molecular weight is 306 g/mol. The van der Waals surface area contributed by atoms with Crippen LogP contribution in [-0.2, 0) is 4.74 Å². The Morgan fingerprint density at radius 2 is 2.12 bits per heavy atom. The summed E-state index contributed by atoms with van der Waals surface area (Å²) in [6.07, 6.45) is 0.960. The highest BCUT2D eigenvalue weighted by Crippen LogP contribution is 2.31.